The van der Waals surface area contributed by atoms with Gasteiger partial charge in [-0.2, -0.15) is 0 Å². The van der Waals surface area contributed by atoms with Crippen molar-refractivity contribution < 1.29 is 24.0 Å². The fourth-order valence-electron chi connectivity index (χ4n) is 6.65. The Hall–Kier alpha value is -3.50. The first kappa shape index (κ1) is 31.4. The summed E-state index contributed by atoms with van der Waals surface area (Å²) in [6.07, 6.45) is 9.99. The summed E-state index contributed by atoms with van der Waals surface area (Å²) >= 11 is 0. The fraction of sp³-hybridized carbons (Fsp3) is 0.677. The molecule has 2 saturated carbocycles. The molecular formula is C31H46N6O5. The molecule has 5 amide bonds. The Morgan fingerprint density at radius 2 is 1.74 bits per heavy atom. The van der Waals surface area contributed by atoms with Gasteiger partial charge in [0.1, 0.15) is 12.1 Å². The average Bonchev–Trinajstić information content (AvgIpc) is 3.65. The zero-order chi connectivity index (χ0) is 30.4. The number of primary amides is 1. The monoisotopic (exact) mass is 582 g/mol. The molecule has 3 aliphatic rings. The van der Waals surface area contributed by atoms with Crippen molar-refractivity contribution in [1.29, 1.82) is 0 Å². The number of urea groups is 1. The molecule has 0 radical (unpaired) electrons. The number of nitrogens with one attached hydrogen (secondary N) is 3. The minimum atomic E-state index is -1.08. The Balaban J connectivity index is 1.43. The highest BCUT2D eigenvalue weighted by atomic mass is 16.2. The molecule has 0 bridgehead atoms. The van der Waals surface area contributed by atoms with Gasteiger partial charge in [0, 0.05) is 30.4 Å². The average molecular weight is 583 g/mol. The molecule has 11 nitrogen and oxygen atoms in total. The molecule has 5 N–H and O–H groups in total. The van der Waals surface area contributed by atoms with Crippen LogP contribution in [0.1, 0.15) is 84.3 Å². The van der Waals surface area contributed by atoms with Crippen LogP contribution in [0, 0.1) is 17.8 Å². The van der Waals surface area contributed by atoms with Gasteiger partial charge in [-0.1, -0.05) is 52.0 Å². The normalized spacial score (nSPS) is 23.1. The Kier molecular flexibility index (Phi) is 10.2. The largest absolute Gasteiger partial charge is 0.363 e. The van der Waals surface area contributed by atoms with Crippen LogP contribution in [0.25, 0.3) is 0 Å². The smallest absolute Gasteiger partial charge is 0.315 e. The molecule has 1 unspecified atom stereocenters. The van der Waals surface area contributed by atoms with E-state index in [1.165, 1.54) is 4.90 Å². The van der Waals surface area contributed by atoms with E-state index in [1.54, 1.807) is 13.1 Å². The molecule has 1 aromatic rings. The molecule has 1 aromatic heterocycles. The van der Waals surface area contributed by atoms with Crippen molar-refractivity contribution >= 4 is 29.5 Å². The van der Waals surface area contributed by atoms with Gasteiger partial charge >= 0.3 is 6.03 Å². The third-order valence-corrected chi connectivity index (χ3v) is 9.15. The lowest BCUT2D eigenvalue weighted by atomic mass is 9.78. The summed E-state index contributed by atoms with van der Waals surface area (Å²) in [5.74, 6) is -2.50. The van der Waals surface area contributed by atoms with Crippen molar-refractivity contribution in [1.82, 2.24) is 25.8 Å². The van der Waals surface area contributed by atoms with E-state index in [2.05, 4.69) is 20.9 Å². The van der Waals surface area contributed by atoms with Gasteiger partial charge in [-0.3, -0.25) is 24.2 Å². The van der Waals surface area contributed by atoms with Gasteiger partial charge in [0.15, 0.2) is 0 Å². The molecule has 3 fully saturated rings. The maximum absolute atomic E-state index is 13.7. The third-order valence-electron chi connectivity index (χ3n) is 9.15. The first-order chi connectivity index (χ1) is 20.0. The van der Waals surface area contributed by atoms with E-state index in [0.717, 1.165) is 50.6 Å². The summed E-state index contributed by atoms with van der Waals surface area (Å²) in [7, 11) is 0. The molecule has 2 heterocycles. The molecule has 4 rings (SSSR count). The van der Waals surface area contributed by atoms with Crippen LogP contribution in [0.2, 0.25) is 0 Å². The van der Waals surface area contributed by atoms with Crippen molar-refractivity contribution in [2.24, 2.45) is 23.5 Å². The quantitative estimate of drug-likeness (QED) is 0.276. The number of hydrogen-bond acceptors (Lipinski definition) is 6. The van der Waals surface area contributed by atoms with E-state index in [1.807, 2.05) is 32.0 Å². The number of aromatic nitrogens is 1. The molecule has 42 heavy (non-hydrogen) atoms. The Morgan fingerprint density at radius 1 is 1.02 bits per heavy atom. The number of likely N-dealkylation sites (tertiary alicyclic amines) is 1. The minimum Gasteiger partial charge on any atom is -0.363 e. The van der Waals surface area contributed by atoms with Crippen LogP contribution in [0.5, 0.6) is 0 Å². The van der Waals surface area contributed by atoms with E-state index >= 15 is 0 Å². The first-order valence-corrected chi connectivity index (χ1v) is 15.4. The summed E-state index contributed by atoms with van der Waals surface area (Å²) in [4.78, 5) is 70.7. The first-order valence-electron chi connectivity index (χ1n) is 15.4. The van der Waals surface area contributed by atoms with Gasteiger partial charge in [-0.25, -0.2) is 4.79 Å². The molecule has 230 valence electrons. The molecule has 0 aromatic carbocycles. The predicted octanol–water partition coefficient (Wildman–Crippen LogP) is 2.23. The number of amides is 5. The zero-order valence-corrected chi connectivity index (χ0v) is 25.1. The molecule has 4 atom stereocenters. The number of nitrogens with two attached hydrogens (primary N) is 1. The topological polar surface area (TPSA) is 164 Å². The van der Waals surface area contributed by atoms with E-state index in [9.17, 15) is 24.0 Å². The summed E-state index contributed by atoms with van der Waals surface area (Å²) in [5.41, 5.74) is 5.73. The van der Waals surface area contributed by atoms with Crippen LogP contribution in [0.15, 0.2) is 24.4 Å². The molecule has 0 spiro atoms. The molecule has 11 heteroatoms. The van der Waals surface area contributed by atoms with Crippen molar-refractivity contribution in [2.45, 2.75) is 109 Å². The summed E-state index contributed by atoms with van der Waals surface area (Å²) < 4.78 is 0. The molecule has 1 saturated heterocycles. The van der Waals surface area contributed by atoms with Crippen molar-refractivity contribution in [2.75, 3.05) is 6.54 Å². The van der Waals surface area contributed by atoms with Crippen LogP contribution >= 0.6 is 0 Å². The third kappa shape index (κ3) is 7.86. The van der Waals surface area contributed by atoms with Gasteiger partial charge < -0.3 is 26.6 Å². The number of pyridine rings is 1. The Morgan fingerprint density at radius 3 is 2.33 bits per heavy atom. The number of carbonyl (C=O) groups excluding carboxylic acids is 5. The molecule has 1 aliphatic heterocycles. The highest BCUT2D eigenvalue weighted by Crippen LogP contribution is 2.35. The lowest BCUT2D eigenvalue weighted by Crippen LogP contribution is -2.60. The molecular weight excluding hydrogens is 536 g/mol. The summed E-state index contributed by atoms with van der Waals surface area (Å²) in [5, 5.41) is 8.74. The second-order valence-electron chi connectivity index (χ2n) is 12.8. The van der Waals surface area contributed by atoms with Gasteiger partial charge in [-0.05, 0) is 62.5 Å². The fourth-order valence-corrected chi connectivity index (χ4v) is 6.65. The van der Waals surface area contributed by atoms with Crippen molar-refractivity contribution in [3.8, 4) is 0 Å². The van der Waals surface area contributed by atoms with E-state index < -0.39 is 47.3 Å². The number of rotatable bonds is 12. The highest BCUT2D eigenvalue weighted by molar-refractivity contribution is 6.37. The maximum Gasteiger partial charge on any atom is 0.315 e. The highest BCUT2D eigenvalue weighted by Gasteiger charge is 2.46. The summed E-state index contributed by atoms with van der Waals surface area (Å²) in [6.45, 7) is 5.97. The van der Waals surface area contributed by atoms with Crippen LogP contribution in [0.3, 0.4) is 0 Å². The maximum atomic E-state index is 13.7. The minimum absolute atomic E-state index is 0.0941. The van der Waals surface area contributed by atoms with E-state index in [4.69, 9.17) is 5.73 Å². The van der Waals surface area contributed by atoms with Crippen LogP contribution < -0.4 is 21.7 Å². The van der Waals surface area contributed by atoms with Crippen LogP contribution in [-0.4, -0.2) is 69.6 Å². The number of nitrogens with zero attached hydrogens (tertiary/aromatic N) is 2. The molecule has 2 aliphatic carbocycles. The van der Waals surface area contributed by atoms with Crippen molar-refractivity contribution in [3.05, 3.63) is 30.1 Å². The van der Waals surface area contributed by atoms with E-state index in [-0.39, 0.29) is 23.7 Å². The number of Topliss-reactive ketones (excluding diaryl/α,β-unsaturated/α-hetero) is 1. The van der Waals surface area contributed by atoms with E-state index in [0.29, 0.717) is 25.8 Å². The number of carbonyl (C=O) groups is 5. The Labute approximate surface area is 248 Å². The number of hydrogen-bond donors (Lipinski definition) is 4. The zero-order valence-electron chi connectivity index (χ0n) is 25.1. The summed E-state index contributed by atoms with van der Waals surface area (Å²) in [6, 6.07) is 2.63. The van der Waals surface area contributed by atoms with Crippen LogP contribution in [0.4, 0.5) is 4.79 Å². The predicted molar refractivity (Wildman–Crippen MR) is 157 cm³/mol. The van der Waals surface area contributed by atoms with Crippen LogP contribution in [-0.2, 0) is 25.6 Å². The van der Waals surface area contributed by atoms with Crippen molar-refractivity contribution in [3.63, 3.8) is 0 Å². The van der Waals surface area contributed by atoms with Gasteiger partial charge in [0.25, 0.3) is 5.91 Å². The lowest BCUT2D eigenvalue weighted by molar-refractivity contribution is -0.143. The SMILES string of the molecule is CC(C)[C@H]1CCN(C(=O)[C@H](C)NC(=O)NC2(Cc3ccccn3)CCCCC2)[C@@H]1C(=O)NC(CC1CC1)C(=O)C(N)=O. The lowest BCUT2D eigenvalue weighted by Gasteiger charge is -2.38. The Bertz CT molecular complexity index is 1150. The number of ketones is 1. The van der Waals surface area contributed by atoms with Gasteiger partial charge in [-0.15, -0.1) is 0 Å². The second-order valence-corrected chi connectivity index (χ2v) is 12.8. The standard InChI is InChI=1S/C31H46N6O5/c1-19(2)23-12-16-37(25(23)28(40)35-24(17-21-10-11-21)26(38)27(32)39)29(41)20(3)34-30(42)36-31(13-6-4-7-14-31)18-22-9-5-8-15-33-22/h5,8-9,15,19-21,23-25H,4,6-7,10-14,16-18H2,1-3H3,(H2,32,39)(H,35,40)(H2,34,36,42)/t20-,23+,24?,25-/m0/s1. The second kappa shape index (κ2) is 13.6. The van der Waals surface area contributed by atoms with Gasteiger partial charge in [0.05, 0.1) is 6.04 Å². The van der Waals surface area contributed by atoms with Gasteiger partial charge in [0.2, 0.25) is 17.6 Å².